The predicted molar refractivity (Wildman–Crippen MR) is 65.6 cm³/mol. The molecule has 0 aromatic heterocycles. The molecule has 0 atom stereocenters. The highest BCUT2D eigenvalue weighted by Gasteiger charge is 2.23. The van der Waals surface area contributed by atoms with Crippen molar-refractivity contribution < 1.29 is 4.74 Å². The van der Waals surface area contributed by atoms with E-state index in [0.29, 0.717) is 0 Å². The minimum atomic E-state index is 0.854. The number of nitrogens with two attached hydrogens (primary N) is 1. The van der Waals surface area contributed by atoms with E-state index in [1.165, 1.54) is 16.7 Å². The molecule has 2 nitrogen and oxygen atoms in total. The van der Waals surface area contributed by atoms with Gasteiger partial charge in [0.1, 0.15) is 5.75 Å². The molecule has 16 heavy (non-hydrogen) atoms. The van der Waals surface area contributed by atoms with Gasteiger partial charge in [0, 0.05) is 17.7 Å². The second-order valence-corrected chi connectivity index (χ2v) is 4.04. The molecule has 0 aliphatic heterocycles. The van der Waals surface area contributed by atoms with Crippen molar-refractivity contribution in [1.82, 2.24) is 0 Å². The van der Waals surface area contributed by atoms with Crippen molar-refractivity contribution in [2.24, 2.45) is 0 Å². The van der Waals surface area contributed by atoms with Crippen LogP contribution in [0.2, 0.25) is 0 Å². The van der Waals surface area contributed by atoms with Gasteiger partial charge in [0.05, 0.1) is 7.11 Å². The summed E-state index contributed by atoms with van der Waals surface area (Å²) < 4.78 is 5.41. The van der Waals surface area contributed by atoms with E-state index in [0.717, 1.165) is 23.4 Å². The fourth-order valence-electron chi connectivity index (χ4n) is 2.41. The summed E-state index contributed by atoms with van der Waals surface area (Å²) in [6, 6.07) is 12.3. The van der Waals surface area contributed by atoms with E-state index >= 15 is 0 Å². The van der Waals surface area contributed by atoms with Gasteiger partial charge >= 0.3 is 0 Å². The number of methoxy groups -OCH3 is 1. The lowest BCUT2D eigenvalue weighted by Crippen LogP contribution is -1.94. The Hall–Kier alpha value is -1.96. The average Bonchev–Trinajstić information content (AvgIpc) is 2.70. The molecule has 2 heteroatoms. The van der Waals surface area contributed by atoms with Crippen LogP contribution in [0.5, 0.6) is 5.75 Å². The van der Waals surface area contributed by atoms with E-state index in [1.54, 1.807) is 7.11 Å². The summed E-state index contributed by atoms with van der Waals surface area (Å²) in [5, 5.41) is 0. The number of hydrogen-bond acceptors (Lipinski definition) is 2. The van der Waals surface area contributed by atoms with Gasteiger partial charge in [0.25, 0.3) is 0 Å². The van der Waals surface area contributed by atoms with Crippen molar-refractivity contribution in [2.75, 3.05) is 12.8 Å². The molecule has 1 aliphatic rings. The molecule has 0 saturated heterocycles. The summed E-state index contributed by atoms with van der Waals surface area (Å²) in [5.74, 6) is 0.911. The van der Waals surface area contributed by atoms with E-state index in [4.69, 9.17) is 10.5 Å². The predicted octanol–water partition coefficient (Wildman–Crippen LogP) is 2.85. The first-order valence-corrected chi connectivity index (χ1v) is 5.35. The maximum Gasteiger partial charge on any atom is 0.127 e. The molecule has 0 bridgehead atoms. The van der Waals surface area contributed by atoms with Crippen LogP contribution in [-0.4, -0.2) is 7.11 Å². The van der Waals surface area contributed by atoms with Crippen molar-refractivity contribution in [3.63, 3.8) is 0 Å². The number of fused-ring (bicyclic) bond motifs is 3. The molecule has 80 valence electrons. The molecule has 0 heterocycles. The van der Waals surface area contributed by atoms with Gasteiger partial charge in [-0.05, 0) is 28.8 Å². The zero-order valence-electron chi connectivity index (χ0n) is 9.16. The summed E-state index contributed by atoms with van der Waals surface area (Å²) in [5.41, 5.74) is 11.8. The van der Waals surface area contributed by atoms with Gasteiger partial charge in [0.15, 0.2) is 0 Å². The third-order valence-electron chi connectivity index (χ3n) is 3.18. The van der Waals surface area contributed by atoms with Crippen LogP contribution in [0.1, 0.15) is 11.1 Å². The lowest BCUT2D eigenvalue weighted by molar-refractivity contribution is 0.416. The third kappa shape index (κ3) is 1.13. The van der Waals surface area contributed by atoms with E-state index < -0.39 is 0 Å². The lowest BCUT2D eigenvalue weighted by atomic mass is 10.0. The molecule has 2 N–H and O–H groups in total. The van der Waals surface area contributed by atoms with E-state index in [2.05, 4.69) is 24.3 Å². The monoisotopic (exact) mass is 211 g/mol. The standard InChI is InChI=1S/C14H13NO/c1-16-13-7-6-12(15)11-8-9-4-2-3-5-10(9)14(11)13/h2-7H,8,15H2,1H3. The molecular weight excluding hydrogens is 198 g/mol. The Kier molecular flexibility index (Phi) is 1.90. The second-order valence-electron chi connectivity index (χ2n) is 4.04. The molecule has 3 rings (SSSR count). The molecule has 0 unspecified atom stereocenters. The first kappa shape index (κ1) is 9.28. The number of benzene rings is 2. The Balaban J connectivity index is 2.33. The largest absolute Gasteiger partial charge is 0.496 e. The summed E-state index contributed by atoms with van der Waals surface area (Å²) in [7, 11) is 1.70. The Labute approximate surface area is 94.7 Å². The van der Waals surface area contributed by atoms with E-state index in [1.807, 2.05) is 12.1 Å². The zero-order valence-corrected chi connectivity index (χ0v) is 9.16. The van der Waals surface area contributed by atoms with Crippen LogP contribution in [0.4, 0.5) is 5.69 Å². The van der Waals surface area contributed by atoms with Crippen molar-refractivity contribution in [3.8, 4) is 16.9 Å². The van der Waals surface area contributed by atoms with Crippen molar-refractivity contribution in [3.05, 3.63) is 47.5 Å². The lowest BCUT2D eigenvalue weighted by Gasteiger charge is -2.09. The highest BCUT2D eigenvalue weighted by molar-refractivity contribution is 5.85. The van der Waals surface area contributed by atoms with Crippen molar-refractivity contribution >= 4 is 5.69 Å². The number of ether oxygens (including phenoxy) is 1. The second kappa shape index (κ2) is 3.27. The van der Waals surface area contributed by atoms with Gasteiger partial charge in [0.2, 0.25) is 0 Å². The average molecular weight is 211 g/mol. The zero-order chi connectivity index (χ0) is 11.1. The maximum atomic E-state index is 6.02. The quantitative estimate of drug-likeness (QED) is 0.628. The third-order valence-corrected chi connectivity index (χ3v) is 3.18. The molecule has 0 radical (unpaired) electrons. The van der Waals surface area contributed by atoms with Gasteiger partial charge in [-0.25, -0.2) is 0 Å². The minimum absolute atomic E-state index is 0.854. The van der Waals surface area contributed by atoms with Crippen LogP contribution in [0.3, 0.4) is 0 Å². The Morgan fingerprint density at radius 2 is 1.94 bits per heavy atom. The van der Waals surface area contributed by atoms with Gasteiger partial charge in [-0.3, -0.25) is 0 Å². The highest BCUT2D eigenvalue weighted by atomic mass is 16.5. The number of hydrogen-bond donors (Lipinski definition) is 1. The molecule has 0 amide bonds. The van der Waals surface area contributed by atoms with Gasteiger partial charge in [-0.2, -0.15) is 0 Å². The van der Waals surface area contributed by atoms with Crippen LogP contribution in [-0.2, 0) is 6.42 Å². The van der Waals surface area contributed by atoms with Crippen molar-refractivity contribution in [2.45, 2.75) is 6.42 Å². The normalized spacial score (nSPS) is 12.1. The molecule has 2 aromatic rings. The molecule has 2 aromatic carbocycles. The molecular formula is C14H13NO. The number of rotatable bonds is 1. The summed E-state index contributed by atoms with van der Waals surface area (Å²) in [4.78, 5) is 0. The van der Waals surface area contributed by atoms with Gasteiger partial charge in [-0.1, -0.05) is 24.3 Å². The Morgan fingerprint density at radius 3 is 2.75 bits per heavy atom. The summed E-state index contributed by atoms with van der Waals surface area (Å²) in [6.45, 7) is 0. The number of nitrogen functional groups attached to an aromatic ring is 1. The van der Waals surface area contributed by atoms with Crippen LogP contribution in [0, 0.1) is 0 Å². The fraction of sp³-hybridized carbons (Fsp3) is 0.143. The Morgan fingerprint density at radius 1 is 1.12 bits per heavy atom. The van der Waals surface area contributed by atoms with Gasteiger partial charge < -0.3 is 10.5 Å². The highest BCUT2D eigenvalue weighted by Crippen LogP contribution is 2.44. The van der Waals surface area contributed by atoms with Gasteiger partial charge in [-0.15, -0.1) is 0 Å². The van der Waals surface area contributed by atoms with E-state index in [9.17, 15) is 0 Å². The van der Waals surface area contributed by atoms with Crippen LogP contribution in [0.25, 0.3) is 11.1 Å². The minimum Gasteiger partial charge on any atom is -0.496 e. The molecule has 0 fully saturated rings. The molecule has 1 aliphatic carbocycles. The SMILES string of the molecule is COc1ccc(N)c2c1-c1ccccc1C2. The molecule has 0 spiro atoms. The topological polar surface area (TPSA) is 35.2 Å². The smallest absolute Gasteiger partial charge is 0.127 e. The van der Waals surface area contributed by atoms with Crippen LogP contribution < -0.4 is 10.5 Å². The molecule has 0 saturated carbocycles. The summed E-state index contributed by atoms with van der Waals surface area (Å²) >= 11 is 0. The number of anilines is 1. The fourth-order valence-corrected chi connectivity index (χ4v) is 2.41. The first-order chi connectivity index (χ1) is 7.81. The van der Waals surface area contributed by atoms with Crippen LogP contribution >= 0.6 is 0 Å². The van der Waals surface area contributed by atoms with E-state index in [-0.39, 0.29) is 0 Å². The Bertz CT molecular complexity index is 561. The maximum absolute atomic E-state index is 6.02. The first-order valence-electron chi connectivity index (χ1n) is 5.35. The van der Waals surface area contributed by atoms with Crippen molar-refractivity contribution in [1.29, 1.82) is 0 Å². The summed E-state index contributed by atoms with van der Waals surface area (Å²) in [6.07, 6.45) is 0.911. The van der Waals surface area contributed by atoms with Crippen LogP contribution in [0.15, 0.2) is 36.4 Å².